The highest BCUT2D eigenvalue weighted by atomic mass is 19.1. The van der Waals surface area contributed by atoms with Crippen LogP contribution in [0.1, 0.15) is 76.8 Å². The molecular weight excluding hydrogens is 571 g/mol. The highest BCUT2D eigenvalue weighted by Gasteiger charge is 2.55. The fourth-order valence-electron chi connectivity index (χ4n) is 6.34. The van der Waals surface area contributed by atoms with Crippen molar-refractivity contribution in [2.75, 3.05) is 13.2 Å². The van der Waals surface area contributed by atoms with Crippen LogP contribution in [0, 0.1) is 11.7 Å². The van der Waals surface area contributed by atoms with Crippen LogP contribution in [0.15, 0.2) is 30.4 Å². The standard InChI is InChI=1S/C32H43FN4O7/c1-31(2,3)44-29(41)34-25-13-8-6-4-5-7-11-21-15-32(21,19-38)35-27(39)26-14-22(17-37(26)28(25)40)43-30(42)36-16-20-10-9-12-24(33)23(20)18-36/h7,9-12,21-22,25-26,38H,4-6,8,13-19H2,1-3H3,(H,34,41)(H,35,39)/b11-7-/t21-,22-,25+,26?,32+/m1/s1. The number of rotatable bonds is 3. The zero-order valence-electron chi connectivity index (χ0n) is 25.6. The molecule has 1 aromatic rings. The summed E-state index contributed by atoms with van der Waals surface area (Å²) < 4.78 is 25.5. The van der Waals surface area contributed by atoms with Crippen molar-refractivity contribution in [2.24, 2.45) is 5.92 Å². The number of fused-ring (bicyclic) bond motifs is 3. The van der Waals surface area contributed by atoms with Gasteiger partial charge in [0, 0.05) is 24.4 Å². The molecule has 1 unspecified atom stereocenters. The fraction of sp³-hybridized carbons (Fsp3) is 0.625. The van der Waals surface area contributed by atoms with Gasteiger partial charge in [-0.25, -0.2) is 14.0 Å². The van der Waals surface area contributed by atoms with Gasteiger partial charge in [0.05, 0.1) is 25.2 Å². The van der Waals surface area contributed by atoms with E-state index in [0.717, 1.165) is 19.3 Å². The summed E-state index contributed by atoms with van der Waals surface area (Å²) in [6.45, 7) is 5.15. The van der Waals surface area contributed by atoms with Crippen molar-refractivity contribution in [1.29, 1.82) is 0 Å². The summed E-state index contributed by atoms with van der Waals surface area (Å²) in [5.74, 6) is -1.33. The smallest absolute Gasteiger partial charge is 0.410 e. The number of carbonyl (C=O) groups is 4. The predicted octanol–water partition coefficient (Wildman–Crippen LogP) is 3.53. The summed E-state index contributed by atoms with van der Waals surface area (Å²) in [7, 11) is 0. The summed E-state index contributed by atoms with van der Waals surface area (Å²) in [5, 5.41) is 15.9. The van der Waals surface area contributed by atoms with Crippen LogP contribution >= 0.6 is 0 Å². The third-order valence-corrected chi connectivity index (χ3v) is 8.81. The van der Waals surface area contributed by atoms with E-state index in [1.807, 2.05) is 6.08 Å². The molecule has 0 spiro atoms. The Kier molecular flexibility index (Phi) is 9.20. The molecule has 0 aromatic heterocycles. The highest BCUT2D eigenvalue weighted by molar-refractivity contribution is 5.92. The maximum absolute atomic E-state index is 14.3. The number of carbonyl (C=O) groups excluding carboxylic acids is 4. The molecule has 11 nitrogen and oxygen atoms in total. The first-order chi connectivity index (χ1) is 20.9. The lowest BCUT2D eigenvalue weighted by atomic mass is 10.0. The van der Waals surface area contributed by atoms with Crippen LogP contribution in [0.2, 0.25) is 0 Å². The monoisotopic (exact) mass is 614 g/mol. The lowest BCUT2D eigenvalue weighted by Gasteiger charge is -2.30. The Morgan fingerprint density at radius 3 is 2.70 bits per heavy atom. The van der Waals surface area contributed by atoms with Crippen molar-refractivity contribution >= 4 is 24.0 Å². The first kappa shape index (κ1) is 31.7. The molecule has 0 bridgehead atoms. The van der Waals surface area contributed by atoms with E-state index < -0.39 is 53.3 Å². The molecule has 3 aliphatic heterocycles. The SMILES string of the molecule is CC(C)(C)OC(=O)N[C@H]1CCCCC/C=C\[C@@H]2C[C@@]2(CO)NC(=O)C2C[C@@H](OC(=O)N3Cc4cccc(F)c4C3)CN2C1=O. The third-order valence-electron chi connectivity index (χ3n) is 8.81. The van der Waals surface area contributed by atoms with Gasteiger partial charge in [-0.05, 0) is 58.1 Å². The van der Waals surface area contributed by atoms with E-state index in [9.17, 15) is 28.7 Å². The highest BCUT2D eigenvalue weighted by Crippen LogP contribution is 2.44. The van der Waals surface area contributed by atoms with Gasteiger partial charge < -0.3 is 30.1 Å². The summed E-state index contributed by atoms with van der Waals surface area (Å²) in [6, 6.07) is 2.76. The molecule has 0 radical (unpaired) electrons. The van der Waals surface area contributed by atoms with Crippen LogP contribution in [0.3, 0.4) is 0 Å². The number of ether oxygens (including phenoxy) is 2. The minimum atomic E-state index is -0.991. The van der Waals surface area contributed by atoms with Crippen LogP contribution in [0.25, 0.3) is 0 Å². The first-order valence-electron chi connectivity index (χ1n) is 15.5. The van der Waals surface area contributed by atoms with E-state index in [1.165, 1.54) is 15.9 Å². The number of allylic oxidation sites excluding steroid dienone is 1. The van der Waals surface area contributed by atoms with Crippen LogP contribution in [0.5, 0.6) is 0 Å². The molecule has 240 valence electrons. The van der Waals surface area contributed by atoms with Gasteiger partial charge in [0.1, 0.15) is 29.6 Å². The lowest BCUT2D eigenvalue weighted by Crippen LogP contribution is -2.56. The van der Waals surface area contributed by atoms with Crippen LogP contribution in [-0.2, 0) is 32.2 Å². The normalized spacial score (nSPS) is 29.8. The summed E-state index contributed by atoms with van der Waals surface area (Å²) in [6.07, 6.45) is 6.08. The lowest BCUT2D eigenvalue weighted by molar-refractivity contribution is -0.140. The number of hydrogen-bond donors (Lipinski definition) is 3. The van der Waals surface area contributed by atoms with Gasteiger partial charge in [-0.3, -0.25) is 14.5 Å². The molecule has 5 atom stereocenters. The minimum Gasteiger partial charge on any atom is -0.444 e. The van der Waals surface area contributed by atoms with Gasteiger partial charge in [-0.2, -0.15) is 0 Å². The maximum atomic E-state index is 14.3. The predicted molar refractivity (Wildman–Crippen MR) is 157 cm³/mol. The third kappa shape index (κ3) is 7.17. The van der Waals surface area contributed by atoms with Crippen LogP contribution in [0.4, 0.5) is 14.0 Å². The quantitative estimate of drug-likeness (QED) is 0.443. The van der Waals surface area contributed by atoms with Gasteiger partial charge in [-0.1, -0.05) is 37.1 Å². The summed E-state index contributed by atoms with van der Waals surface area (Å²) in [4.78, 5) is 56.4. The minimum absolute atomic E-state index is 0.0143. The number of nitrogens with one attached hydrogen (secondary N) is 2. The van der Waals surface area contributed by atoms with Gasteiger partial charge in [-0.15, -0.1) is 0 Å². The van der Waals surface area contributed by atoms with Crippen molar-refractivity contribution in [2.45, 2.75) is 108 Å². The molecule has 2 fully saturated rings. The second-order valence-corrected chi connectivity index (χ2v) is 13.4. The number of aliphatic hydroxyl groups is 1. The second kappa shape index (κ2) is 12.7. The molecule has 12 heteroatoms. The number of alkyl carbamates (subject to hydrolysis) is 1. The Bertz CT molecular complexity index is 1310. The first-order valence-corrected chi connectivity index (χ1v) is 15.5. The average molecular weight is 615 g/mol. The van der Waals surface area contributed by atoms with E-state index >= 15 is 0 Å². The summed E-state index contributed by atoms with van der Waals surface area (Å²) >= 11 is 0. The van der Waals surface area contributed by atoms with Crippen molar-refractivity contribution in [3.05, 3.63) is 47.3 Å². The Morgan fingerprint density at radius 2 is 1.98 bits per heavy atom. The molecule has 1 aliphatic carbocycles. The molecule has 1 aromatic carbocycles. The molecule has 4 aliphatic rings. The average Bonchev–Trinajstić information content (AvgIpc) is 3.26. The van der Waals surface area contributed by atoms with E-state index in [1.54, 1.807) is 32.9 Å². The Hall–Kier alpha value is -3.67. The van der Waals surface area contributed by atoms with Crippen molar-refractivity contribution in [3.8, 4) is 0 Å². The zero-order valence-corrected chi connectivity index (χ0v) is 25.6. The summed E-state index contributed by atoms with van der Waals surface area (Å²) in [5.41, 5.74) is -0.436. The van der Waals surface area contributed by atoms with Gasteiger partial charge in [0.25, 0.3) is 0 Å². The van der Waals surface area contributed by atoms with Crippen LogP contribution in [-0.4, -0.2) is 81.4 Å². The van der Waals surface area contributed by atoms with E-state index in [4.69, 9.17) is 9.47 Å². The number of benzene rings is 1. The molecule has 3 heterocycles. The molecular formula is C32H43FN4O7. The van der Waals surface area contributed by atoms with Gasteiger partial charge in [0.15, 0.2) is 0 Å². The number of amides is 4. The second-order valence-electron chi connectivity index (χ2n) is 13.4. The fourth-order valence-corrected chi connectivity index (χ4v) is 6.34. The number of halogens is 1. The van der Waals surface area contributed by atoms with E-state index in [2.05, 4.69) is 16.7 Å². The molecule has 4 amide bonds. The van der Waals surface area contributed by atoms with Crippen molar-refractivity contribution in [1.82, 2.24) is 20.4 Å². The Morgan fingerprint density at radius 1 is 1.18 bits per heavy atom. The number of hydrogen-bond acceptors (Lipinski definition) is 7. The molecule has 1 saturated heterocycles. The largest absolute Gasteiger partial charge is 0.444 e. The zero-order chi connectivity index (χ0) is 31.6. The Balaban J connectivity index is 1.35. The molecule has 1 saturated carbocycles. The number of nitrogens with zero attached hydrogens (tertiary/aromatic N) is 2. The maximum Gasteiger partial charge on any atom is 0.410 e. The molecule has 3 N–H and O–H groups in total. The van der Waals surface area contributed by atoms with Crippen molar-refractivity contribution in [3.63, 3.8) is 0 Å². The number of aliphatic hydroxyl groups excluding tert-OH is 1. The van der Waals surface area contributed by atoms with Crippen LogP contribution < -0.4 is 10.6 Å². The van der Waals surface area contributed by atoms with Crippen molar-refractivity contribution < 1.29 is 38.1 Å². The van der Waals surface area contributed by atoms with Gasteiger partial charge >= 0.3 is 12.2 Å². The van der Waals surface area contributed by atoms with Gasteiger partial charge in [0.2, 0.25) is 11.8 Å². The van der Waals surface area contributed by atoms with E-state index in [-0.39, 0.29) is 44.4 Å². The van der Waals surface area contributed by atoms with E-state index in [0.29, 0.717) is 30.4 Å². The Labute approximate surface area is 257 Å². The molecule has 5 rings (SSSR count). The topological polar surface area (TPSA) is 138 Å². The molecule has 44 heavy (non-hydrogen) atoms.